The van der Waals surface area contributed by atoms with Gasteiger partial charge in [-0.15, -0.1) is 0 Å². The monoisotopic (exact) mass is 527 g/mol. The van der Waals surface area contributed by atoms with Crippen molar-refractivity contribution >= 4 is 54.5 Å². The van der Waals surface area contributed by atoms with E-state index in [9.17, 15) is 0 Å². The van der Waals surface area contributed by atoms with Gasteiger partial charge >= 0.3 is 0 Å². The Morgan fingerprint density at radius 2 is 1.03 bits per heavy atom. The lowest BCUT2D eigenvalue weighted by Gasteiger charge is -2.30. The van der Waals surface area contributed by atoms with E-state index in [2.05, 4.69) is 156 Å². The van der Waals surface area contributed by atoms with Crippen LogP contribution in [0.1, 0.15) is 11.1 Å². The van der Waals surface area contributed by atoms with Crippen LogP contribution < -0.4 is 4.90 Å². The predicted molar refractivity (Wildman–Crippen MR) is 159 cm³/mol. The van der Waals surface area contributed by atoms with Crippen LogP contribution in [-0.4, -0.2) is 0 Å². The molecule has 6 aromatic carbocycles. The Kier molecular flexibility index (Phi) is 5.83. The van der Waals surface area contributed by atoms with Crippen molar-refractivity contribution in [1.29, 1.82) is 0 Å². The molecule has 0 atom stereocenters. The summed E-state index contributed by atoms with van der Waals surface area (Å²) in [7, 11) is 0. The van der Waals surface area contributed by atoms with E-state index in [0.717, 1.165) is 15.8 Å². The number of hydrogen-bond donors (Lipinski definition) is 0. The molecule has 0 fully saturated rings. The van der Waals surface area contributed by atoms with Crippen molar-refractivity contribution in [3.63, 3.8) is 0 Å². The van der Waals surface area contributed by atoms with Crippen LogP contribution in [0.4, 0.5) is 17.1 Å². The van der Waals surface area contributed by atoms with Gasteiger partial charge in [0, 0.05) is 26.6 Å². The van der Waals surface area contributed by atoms with Gasteiger partial charge in [-0.05, 0) is 75.9 Å². The van der Waals surface area contributed by atoms with Crippen LogP contribution in [0, 0.1) is 13.8 Å². The van der Waals surface area contributed by atoms with Gasteiger partial charge in [0.2, 0.25) is 0 Å². The van der Waals surface area contributed by atoms with E-state index < -0.39 is 0 Å². The van der Waals surface area contributed by atoms with Crippen molar-refractivity contribution in [2.75, 3.05) is 4.90 Å². The first-order chi connectivity index (χ1) is 17.6. The number of benzene rings is 6. The van der Waals surface area contributed by atoms with E-state index in [1.54, 1.807) is 0 Å². The number of halogens is 1. The van der Waals surface area contributed by atoms with Crippen LogP contribution in [0.2, 0.25) is 0 Å². The summed E-state index contributed by atoms with van der Waals surface area (Å²) in [4.78, 5) is 2.42. The van der Waals surface area contributed by atoms with Gasteiger partial charge in [-0.25, -0.2) is 0 Å². The van der Waals surface area contributed by atoms with Gasteiger partial charge in [0.05, 0.1) is 5.69 Å². The number of anilines is 3. The molecule has 0 aromatic heterocycles. The number of aryl methyl sites for hydroxylation is 2. The molecule has 6 rings (SSSR count). The molecule has 6 aromatic rings. The van der Waals surface area contributed by atoms with Gasteiger partial charge in [0.15, 0.2) is 0 Å². The fourth-order valence-corrected chi connectivity index (χ4v) is 5.71. The lowest BCUT2D eigenvalue weighted by Crippen LogP contribution is -2.12. The third-order valence-electron chi connectivity index (χ3n) is 6.85. The Morgan fingerprint density at radius 1 is 0.500 bits per heavy atom. The van der Waals surface area contributed by atoms with E-state index in [0.29, 0.717) is 0 Å². The third-order valence-corrected chi connectivity index (χ3v) is 7.70. The predicted octanol–water partition coefficient (Wildman–Crippen LogP) is 10.5. The standard InChI is InChI=1S/C34H26BrN/c1-23-15-19-26(20-16-23)36(27-21-17-24(2)18-22-27)34-30-12-7-6-11-29(30)33(35)31-14-8-13-28(32(31)34)25-9-4-3-5-10-25/h3-22H,1-2H3. The van der Waals surface area contributed by atoms with Crippen LogP contribution in [0.25, 0.3) is 32.7 Å². The topological polar surface area (TPSA) is 3.24 Å². The molecule has 2 heteroatoms. The molecule has 0 saturated carbocycles. The lowest BCUT2D eigenvalue weighted by molar-refractivity contribution is 1.29. The quantitative estimate of drug-likeness (QED) is 0.206. The number of rotatable bonds is 4. The van der Waals surface area contributed by atoms with E-state index in [-0.39, 0.29) is 0 Å². The first-order valence-electron chi connectivity index (χ1n) is 12.2. The highest BCUT2D eigenvalue weighted by Gasteiger charge is 2.23. The molecule has 0 bridgehead atoms. The summed E-state index contributed by atoms with van der Waals surface area (Å²) in [6, 6.07) is 43.7. The normalized spacial score (nSPS) is 11.2. The van der Waals surface area contributed by atoms with Crippen molar-refractivity contribution in [3.05, 3.63) is 137 Å². The molecule has 0 heterocycles. The molecule has 0 N–H and O–H groups in total. The summed E-state index contributed by atoms with van der Waals surface area (Å²) in [6.45, 7) is 4.27. The Hall–Kier alpha value is -3.88. The Labute approximate surface area is 220 Å². The molecular weight excluding hydrogens is 502 g/mol. The van der Waals surface area contributed by atoms with Crippen LogP contribution in [0.3, 0.4) is 0 Å². The highest BCUT2D eigenvalue weighted by molar-refractivity contribution is 9.10. The molecule has 0 saturated heterocycles. The van der Waals surface area contributed by atoms with Gasteiger partial charge < -0.3 is 4.90 Å². The molecule has 174 valence electrons. The van der Waals surface area contributed by atoms with Crippen LogP contribution in [0.15, 0.2) is 126 Å². The molecule has 0 aliphatic rings. The zero-order valence-electron chi connectivity index (χ0n) is 20.4. The molecule has 0 unspecified atom stereocenters. The maximum Gasteiger partial charge on any atom is 0.0625 e. The molecule has 1 nitrogen and oxygen atoms in total. The second kappa shape index (κ2) is 9.29. The number of hydrogen-bond acceptors (Lipinski definition) is 1. The minimum Gasteiger partial charge on any atom is -0.309 e. The van der Waals surface area contributed by atoms with Gasteiger partial charge in [-0.2, -0.15) is 0 Å². The zero-order valence-corrected chi connectivity index (χ0v) is 22.0. The molecular formula is C34H26BrN. The molecule has 0 radical (unpaired) electrons. The second-order valence-electron chi connectivity index (χ2n) is 9.31. The van der Waals surface area contributed by atoms with Crippen LogP contribution in [0.5, 0.6) is 0 Å². The number of nitrogens with zero attached hydrogens (tertiary/aromatic N) is 1. The SMILES string of the molecule is Cc1ccc(N(c2ccc(C)cc2)c2c3ccccc3c(Br)c3cccc(-c4ccccc4)c23)cc1. The maximum absolute atomic E-state index is 3.99. The summed E-state index contributed by atoms with van der Waals surface area (Å²) in [5.41, 5.74) is 8.40. The first-order valence-corrected chi connectivity index (χ1v) is 13.0. The molecule has 0 amide bonds. The molecule has 0 aliphatic heterocycles. The summed E-state index contributed by atoms with van der Waals surface area (Å²) < 4.78 is 1.13. The third kappa shape index (κ3) is 3.88. The highest BCUT2D eigenvalue weighted by Crippen LogP contribution is 2.49. The van der Waals surface area contributed by atoms with Gasteiger partial charge in [-0.1, -0.05) is 108 Å². The van der Waals surface area contributed by atoms with Crippen LogP contribution >= 0.6 is 15.9 Å². The summed E-state index contributed by atoms with van der Waals surface area (Å²) >= 11 is 3.99. The van der Waals surface area contributed by atoms with Crippen LogP contribution in [-0.2, 0) is 0 Å². The van der Waals surface area contributed by atoms with Crippen molar-refractivity contribution in [1.82, 2.24) is 0 Å². The molecule has 0 spiro atoms. The minimum absolute atomic E-state index is 1.13. The zero-order chi connectivity index (χ0) is 24.6. The van der Waals surface area contributed by atoms with Crippen molar-refractivity contribution in [2.24, 2.45) is 0 Å². The average Bonchev–Trinajstić information content (AvgIpc) is 2.93. The minimum atomic E-state index is 1.13. The maximum atomic E-state index is 3.99. The Morgan fingerprint density at radius 3 is 1.64 bits per heavy atom. The van der Waals surface area contributed by atoms with E-state index in [1.807, 2.05) is 0 Å². The average molecular weight is 528 g/mol. The summed E-state index contributed by atoms with van der Waals surface area (Å²) in [5, 5.41) is 4.85. The largest absolute Gasteiger partial charge is 0.309 e. The fraction of sp³-hybridized carbons (Fsp3) is 0.0588. The van der Waals surface area contributed by atoms with Gasteiger partial charge in [0.25, 0.3) is 0 Å². The fourth-order valence-electron chi connectivity index (χ4n) is 5.04. The Bertz CT molecular complexity index is 1640. The van der Waals surface area contributed by atoms with Gasteiger partial charge in [0.1, 0.15) is 0 Å². The van der Waals surface area contributed by atoms with E-state index in [1.165, 1.54) is 49.5 Å². The van der Waals surface area contributed by atoms with Crippen molar-refractivity contribution in [2.45, 2.75) is 13.8 Å². The smallest absolute Gasteiger partial charge is 0.0625 e. The van der Waals surface area contributed by atoms with Crippen molar-refractivity contribution < 1.29 is 0 Å². The molecule has 36 heavy (non-hydrogen) atoms. The molecule has 0 aliphatic carbocycles. The second-order valence-corrected chi connectivity index (χ2v) is 10.1. The Balaban J connectivity index is 1.81. The van der Waals surface area contributed by atoms with Crippen molar-refractivity contribution in [3.8, 4) is 11.1 Å². The van der Waals surface area contributed by atoms with E-state index >= 15 is 0 Å². The summed E-state index contributed by atoms with van der Waals surface area (Å²) in [5.74, 6) is 0. The summed E-state index contributed by atoms with van der Waals surface area (Å²) in [6.07, 6.45) is 0. The lowest BCUT2D eigenvalue weighted by atomic mass is 9.92. The van der Waals surface area contributed by atoms with E-state index in [4.69, 9.17) is 0 Å². The van der Waals surface area contributed by atoms with Gasteiger partial charge in [-0.3, -0.25) is 0 Å². The highest BCUT2D eigenvalue weighted by atomic mass is 79.9. The first kappa shape index (κ1) is 22.6. The number of fused-ring (bicyclic) bond motifs is 2.